The van der Waals surface area contributed by atoms with Crippen LogP contribution < -0.4 is 5.32 Å². The number of hydrogen-bond donors (Lipinski definition) is 2. The number of rotatable bonds is 9. The lowest BCUT2D eigenvalue weighted by molar-refractivity contribution is 0.0267. The Morgan fingerprint density at radius 2 is 2.03 bits per heavy atom. The van der Waals surface area contributed by atoms with Crippen LogP contribution in [0, 0.1) is 11.2 Å². The Balaban J connectivity index is 1.73. The minimum absolute atomic E-state index is 0.0311. The summed E-state index contributed by atoms with van der Waals surface area (Å²) in [6.07, 6.45) is 4.88. The maximum atomic E-state index is 15.0. The first kappa shape index (κ1) is 23.8. The van der Waals surface area contributed by atoms with E-state index < -0.39 is 15.7 Å². The van der Waals surface area contributed by atoms with Gasteiger partial charge in [-0.25, -0.2) is 17.8 Å². The first-order valence-corrected chi connectivity index (χ1v) is 12.5. The lowest BCUT2D eigenvalue weighted by atomic mass is 9.84. The molecule has 3 rings (SSSR count). The SMILES string of the molecule is C[C@@H](CCO)Nc1cc(Cl)ncc1-c1ncc(CN2CC(C)(CS(C)(=O)=O)C2)cc1F. The number of nitrogens with one attached hydrogen (secondary N) is 1. The lowest BCUT2D eigenvalue weighted by Gasteiger charge is -2.47. The van der Waals surface area contributed by atoms with Gasteiger partial charge in [-0.2, -0.15) is 0 Å². The summed E-state index contributed by atoms with van der Waals surface area (Å²) in [4.78, 5) is 10.5. The molecule has 0 unspecified atom stereocenters. The molecule has 0 spiro atoms. The average molecular weight is 471 g/mol. The molecule has 0 aromatic carbocycles. The van der Waals surface area contributed by atoms with Crippen molar-refractivity contribution in [1.82, 2.24) is 14.9 Å². The van der Waals surface area contributed by atoms with Crippen LogP contribution in [-0.2, 0) is 16.4 Å². The maximum Gasteiger partial charge on any atom is 0.149 e. The van der Waals surface area contributed by atoms with E-state index in [2.05, 4.69) is 20.2 Å². The quantitative estimate of drug-likeness (QED) is 0.544. The highest BCUT2D eigenvalue weighted by Gasteiger charge is 2.40. The molecule has 2 N–H and O–H groups in total. The fourth-order valence-corrected chi connectivity index (χ4v) is 5.77. The molecule has 0 aliphatic carbocycles. The van der Waals surface area contributed by atoms with E-state index in [1.165, 1.54) is 18.5 Å². The monoisotopic (exact) mass is 470 g/mol. The molecule has 1 fully saturated rings. The number of likely N-dealkylation sites (tertiary alicyclic amines) is 1. The second kappa shape index (κ2) is 9.36. The van der Waals surface area contributed by atoms with Gasteiger partial charge in [-0.15, -0.1) is 0 Å². The molecular formula is C21H28ClFN4O3S. The van der Waals surface area contributed by atoms with E-state index in [1.54, 1.807) is 12.3 Å². The standard InChI is InChI=1S/C21H28ClFN4O3S/c1-14(4-5-28)26-18-7-19(22)24-9-16(18)20-17(23)6-15(8-25-20)10-27-11-21(2,12-27)13-31(3,29)30/h6-9,14,28H,4-5,10-13H2,1-3H3,(H,24,26)/t14-/m0/s1. The lowest BCUT2D eigenvalue weighted by Crippen LogP contribution is -2.56. The van der Waals surface area contributed by atoms with Crippen molar-refractivity contribution in [3.05, 3.63) is 41.1 Å². The minimum Gasteiger partial charge on any atom is -0.396 e. The summed E-state index contributed by atoms with van der Waals surface area (Å²) in [7, 11) is -3.04. The zero-order chi connectivity index (χ0) is 22.8. The van der Waals surface area contributed by atoms with Crippen LogP contribution >= 0.6 is 11.6 Å². The normalized spacial score (nSPS) is 17.2. The number of aliphatic hydroxyl groups is 1. The van der Waals surface area contributed by atoms with Crippen molar-refractivity contribution in [3.8, 4) is 11.3 Å². The number of aromatic nitrogens is 2. The summed E-state index contributed by atoms with van der Waals surface area (Å²) in [5.74, 6) is -0.324. The fraction of sp³-hybridized carbons (Fsp3) is 0.524. The van der Waals surface area contributed by atoms with Crippen molar-refractivity contribution in [1.29, 1.82) is 0 Å². The second-order valence-corrected chi connectivity index (χ2v) is 11.3. The molecular weight excluding hydrogens is 443 g/mol. The summed E-state index contributed by atoms with van der Waals surface area (Å²) in [5, 5.41) is 12.6. The molecule has 170 valence electrons. The molecule has 2 aromatic rings. The van der Waals surface area contributed by atoms with Gasteiger partial charge in [0.1, 0.15) is 26.5 Å². The highest BCUT2D eigenvalue weighted by molar-refractivity contribution is 7.90. The summed E-state index contributed by atoms with van der Waals surface area (Å²) < 4.78 is 38.1. The minimum atomic E-state index is -3.04. The fourth-order valence-electron chi connectivity index (χ4n) is 4.16. The first-order valence-electron chi connectivity index (χ1n) is 10.1. The van der Waals surface area contributed by atoms with Crippen molar-refractivity contribution in [2.45, 2.75) is 32.9 Å². The topological polar surface area (TPSA) is 95.4 Å². The number of halogens is 2. The van der Waals surface area contributed by atoms with Crippen molar-refractivity contribution in [3.63, 3.8) is 0 Å². The predicted molar refractivity (Wildman–Crippen MR) is 120 cm³/mol. The van der Waals surface area contributed by atoms with Crippen LogP contribution in [0.15, 0.2) is 24.5 Å². The molecule has 1 saturated heterocycles. The number of aliphatic hydroxyl groups excluding tert-OH is 1. The molecule has 3 heterocycles. The van der Waals surface area contributed by atoms with Crippen LogP contribution in [0.4, 0.5) is 10.1 Å². The third-order valence-corrected chi connectivity index (χ3v) is 6.64. The smallest absolute Gasteiger partial charge is 0.149 e. The van der Waals surface area contributed by atoms with E-state index in [4.69, 9.17) is 16.7 Å². The van der Waals surface area contributed by atoms with Gasteiger partial charge in [0.2, 0.25) is 0 Å². The Morgan fingerprint density at radius 1 is 1.32 bits per heavy atom. The van der Waals surface area contributed by atoms with Crippen LogP contribution in [0.5, 0.6) is 0 Å². The Hall–Kier alpha value is -1.81. The Bertz CT molecular complexity index is 1040. The van der Waals surface area contributed by atoms with Gasteiger partial charge >= 0.3 is 0 Å². The molecule has 7 nitrogen and oxygen atoms in total. The molecule has 1 aliphatic heterocycles. The highest BCUT2D eigenvalue weighted by Crippen LogP contribution is 2.34. The van der Waals surface area contributed by atoms with Gasteiger partial charge in [-0.1, -0.05) is 18.5 Å². The van der Waals surface area contributed by atoms with Crippen LogP contribution in [0.25, 0.3) is 11.3 Å². The van der Waals surface area contributed by atoms with E-state index in [-0.39, 0.29) is 34.7 Å². The van der Waals surface area contributed by atoms with Crippen molar-refractivity contribution < 1.29 is 17.9 Å². The zero-order valence-electron chi connectivity index (χ0n) is 17.9. The van der Waals surface area contributed by atoms with Gasteiger partial charge in [-0.3, -0.25) is 9.88 Å². The number of sulfone groups is 1. The number of pyridine rings is 2. The Morgan fingerprint density at radius 3 is 2.65 bits per heavy atom. The Labute approximate surface area is 187 Å². The van der Waals surface area contributed by atoms with E-state index in [1.807, 2.05) is 13.8 Å². The molecule has 1 atom stereocenters. The molecule has 2 aromatic heterocycles. The molecule has 0 saturated carbocycles. The molecule has 31 heavy (non-hydrogen) atoms. The van der Waals surface area contributed by atoms with Gasteiger partial charge in [-0.05, 0) is 31.0 Å². The van der Waals surface area contributed by atoms with Crippen molar-refractivity contribution in [2.75, 3.05) is 37.0 Å². The van der Waals surface area contributed by atoms with Gasteiger partial charge in [0, 0.05) is 67.6 Å². The number of nitrogens with zero attached hydrogens (tertiary/aromatic N) is 3. The van der Waals surface area contributed by atoms with E-state index in [9.17, 15) is 12.8 Å². The first-order chi connectivity index (χ1) is 14.5. The van der Waals surface area contributed by atoms with E-state index in [0.29, 0.717) is 42.9 Å². The Kier molecular flexibility index (Phi) is 7.20. The van der Waals surface area contributed by atoms with E-state index in [0.717, 1.165) is 0 Å². The molecule has 0 radical (unpaired) electrons. The van der Waals surface area contributed by atoms with Crippen LogP contribution in [0.2, 0.25) is 5.15 Å². The molecule has 1 aliphatic rings. The summed E-state index contributed by atoms with van der Waals surface area (Å²) in [6, 6.07) is 3.02. The summed E-state index contributed by atoms with van der Waals surface area (Å²) >= 11 is 6.01. The zero-order valence-corrected chi connectivity index (χ0v) is 19.5. The number of hydrogen-bond acceptors (Lipinski definition) is 7. The third-order valence-electron chi connectivity index (χ3n) is 5.22. The average Bonchev–Trinajstić information content (AvgIpc) is 2.60. The maximum absolute atomic E-state index is 15.0. The highest BCUT2D eigenvalue weighted by atomic mass is 35.5. The van der Waals surface area contributed by atoms with Crippen LogP contribution in [0.1, 0.15) is 25.8 Å². The van der Waals surface area contributed by atoms with Crippen molar-refractivity contribution >= 4 is 27.1 Å². The summed E-state index contributed by atoms with van der Waals surface area (Å²) in [6.45, 7) is 5.67. The van der Waals surface area contributed by atoms with Gasteiger partial charge < -0.3 is 10.4 Å². The molecule has 10 heteroatoms. The molecule has 0 amide bonds. The molecule has 0 bridgehead atoms. The van der Waals surface area contributed by atoms with Gasteiger partial charge in [0.25, 0.3) is 0 Å². The van der Waals surface area contributed by atoms with E-state index >= 15 is 0 Å². The largest absolute Gasteiger partial charge is 0.396 e. The van der Waals surface area contributed by atoms with Crippen LogP contribution in [0.3, 0.4) is 0 Å². The van der Waals surface area contributed by atoms with Gasteiger partial charge in [0.15, 0.2) is 0 Å². The van der Waals surface area contributed by atoms with Crippen LogP contribution in [-0.4, -0.2) is 66.1 Å². The third kappa shape index (κ3) is 6.35. The second-order valence-electron chi connectivity index (χ2n) is 8.81. The summed E-state index contributed by atoms with van der Waals surface area (Å²) in [5.41, 5.74) is 1.70. The predicted octanol–water partition coefficient (Wildman–Crippen LogP) is 2.99. The van der Waals surface area contributed by atoms with Crippen molar-refractivity contribution in [2.24, 2.45) is 5.41 Å². The van der Waals surface area contributed by atoms with Gasteiger partial charge in [0.05, 0.1) is 5.75 Å². The number of anilines is 1.